The average molecular weight is 385 g/mol. The minimum absolute atomic E-state index is 0.115. The van der Waals surface area contributed by atoms with E-state index in [1.807, 2.05) is 29.9 Å². The molecule has 0 aromatic carbocycles. The van der Waals surface area contributed by atoms with Crippen molar-refractivity contribution in [2.75, 3.05) is 24.8 Å². The van der Waals surface area contributed by atoms with Crippen LogP contribution in [0.5, 0.6) is 0 Å². The smallest absolute Gasteiger partial charge is 0.328 e. The molecule has 2 rings (SSSR count). The molecule has 0 aliphatic carbocycles. The molecule has 0 saturated carbocycles. The Bertz CT molecular complexity index is 780. The summed E-state index contributed by atoms with van der Waals surface area (Å²) in [7, 11) is -3.49. The van der Waals surface area contributed by atoms with E-state index < -0.39 is 7.60 Å². The van der Waals surface area contributed by atoms with Crippen molar-refractivity contribution in [3.63, 3.8) is 0 Å². The van der Waals surface area contributed by atoms with Gasteiger partial charge in [0.25, 0.3) is 0 Å². The molecule has 0 radical (unpaired) electrons. The first-order valence-electron chi connectivity index (χ1n) is 8.10. The molecule has 2 aromatic heterocycles. The van der Waals surface area contributed by atoms with Gasteiger partial charge < -0.3 is 19.7 Å². The number of hydrogen-bond donors (Lipinski definition) is 2. The Kier molecular flexibility index (Phi) is 7.43. The molecule has 1 atom stereocenters. The minimum Gasteiger partial charge on any atom is -0.368 e. The second-order valence-electron chi connectivity index (χ2n) is 5.47. The molecule has 0 saturated heterocycles. The van der Waals surface area contributed by atoms with Crippen LogP contribution in [-0.2, 0) is 15.6 Å². The van der Waals surface area contributed by atoms with Gasteiger partial charge in [0.15, 0.2) is 5.65 Å². The van der Waals surface area contributed by atoms with E-state index in [0.29, 0.717) is 25.2 Å². The quantitative estimate of drug-likeness (QED) is 0.211. The van der Waals surface area contributed by atoms with E-state index >= 15 is 0 Å². The molecular formula is C15H24N5O3PS. The topological polar surface area (TPSA) is 116 Å². The lowest BCUT2D eigenvalue weighted by Gasteiger charge is -2.10. The number of nitrogen functional groups attached to an aromatic ring is 1. The first-order valence-corrected chi connectivity index (χ1v) is 11.1. The second-order valence-corrected chi connectivity index (χ2v) is 8.24. The fourth-order valence-electron chi connectivity index (χ4n) is 2.17. The van der Waals surface area contributed by atoms with E-state index in [2.05, 4.69) is 15.0 Å². The number of nitrogens with two attached hydrogens (primary N) is 1. The van der Waals surface area contributed by atoms with Crippen molar-refractivity contribution >= 4 is 36.5 Å². The highest BCUT2D eigenvalue weighted by atomic mass is 32.2. The van der Waals surface area contributed by atoms with Crippen LogP contribution in [0.1, 0.15) is 26.2 Å². The van der Waals surface area contributed by atoms with Crippen molar-refractivity contribution in [1.82, 2.24) is 19.5 Å². The maximum Gasteiger partial charge on any atom is 0.328 e. The Labute approximate surface area is 151 Å². The molecule has 0 amide bonds. The molecular weight excluding hydrogens is 361 g/mol. The van der Waals surface area contributed by atoms with Crippen LogP contribution < -0.4 is 5.73 Å². The predicted octanol–water partition coefficient (Wildman–Crippen LogP) is 3.08. The SMILES string of the molecule is CCCCOP(=O)(O)CC/C=C\Cn1cnc2c(SC)nc(N)nc21. The number of fused-ring (bicyclic) bond motifs is 1. The molecule has 2 heterocycles. The van der Waals surface area contributed by atoms with Crippen LogP contribution in [0.25, 0.3) is 11.2 Å². The highest BCUT2D eigenvalue weighted by Crippen LogP contribution is 2.42. The summed E-state index contributed by atoms with van der Waals surface area (Å²) in [4.78, 5) is 22.4. The molecule has 138 valence electrons. The molecule has 1 unspecified atom stereocenters. The number of rotatable bonds is 10. The Morgan fingerprint density at radius 3 is 2.96 bits per heavy atom. The zero-order valence-electron chi connectivity index (χ0n) is 14.5. The van der Waals surface area contributed by atoms with Crippen LogP contribution >= 0.6 is 19.4 Å². The maximum atomic E-state index is 11.8. The first-order chi connectivity index (χ1) is 12.0. The first kappa shape index (κ1) is 19.9. The zero-order chi connectivity index (χ0) is 18.3. The van der Waals surface area contributed by atoms with Gasteiger partial charge in [0.2, 0.25) is 5.95 Å². The summed E-state index contributed by atoms with van der Waals surface area (Å²) >= 11 is 1.47. The Morgan fingerprint density at radius 1 is 1.44 bits per heavy atom. The van der Waals surface area contributed by atoms with Crippen molar-refractivity contribution < 1.29 is 14.0 Å². The van der Waals surface area contributed by atoms with Crippen molar-refractivity contribution in [3.05, 3.63) is 18.5 Å². The van der Waals surface area contributed by atoms with Gasteiger partial charge in [0.05, 0.1) is 19.1 Å². The van der Waals surface area contributed by atoms with Crippen molar-refractivity contribution in [2.45, 2.75) is 37.8 Å². The molecule has 0 aliphatic heterocycles. The van der Waals surface area contributed by atoms with Gasteiger partial charge in [0.1, 0.15) is 10.5 Å². The number of hydrogen-bond acceptors (Lipinski definition) is 7. The standard InChI is InChI=1S/C15H24N5O3PS/c1-3-4-9-23-24(21,22)10-7-5-6-8-20-11-17-12-13(20)18-15(16)19-14(12)25-2/h5-6,11H,3-4,7-10H2,1-2H3,(H,21,22)(H2,16,18,19)/b6-5-. The Balaban J connectivity index is 1.91. The molecule has 0 spiro atoms. The third-order valence-corrected chi connectivity index (χ3v) is 5.56. The van der Waals surface area contributed by atoms with Crippen LogP contribution in [0.15, 0.2) is 23.5 Å². The summed E-state index contributed by atoms with van der Waals surface area (Å²) in [6.07, 6.45) is 9.68. The zero-order valence-corrected chi connectivity index (χ0v) is 16.2. The number of anilines is 1. The number of imidazole rings is 1. The summed E-state index contributed by atoms with van der Waals surface area (Å²) < 4.78 is 18.7. The van der Waals surface area contributed by atoms with E-state index in [-0.39, 0.29) is 12.1 Å². The summed E-state index contributed by atoms with van der Waals surface area (Å²) in [6.45, 7) is 2.88. The van der Waals surface area contributed by atoms with Crippen LogP contribution in [0.4, 0.5) is 5.95 Å². The van der Waals surface area contributed by atoms with Gasteiger partial charge in [-0.2, -0.15) is 4.98 Å². The fourth-order valence-corrected chi connectivity index (χ4v) is 3.71. The number of thioether (sulfide) groups is 1. The molecule has 25 heavy (non-hydrogen) atoms. The fraction of sp³-hybridized carbons (Fsp3) is 0.533. The highest BCUT2D eigenvalue weighted by molar-refractivity contribution is 7.98. The summed E-state index contributed by atoms with van der Waals surface area (Å²) in [5, 5.41) is 0.746. The third-order valence-electron chi connectivity index (χ3n) is 3.48. The van der Waals surface area contributed by atoms with Crippen molar-refractivity contribution in [3.8, 4) is 0 Å². The normalized spacial score (nSPS) is 14.4. The lowest BCUT2D eigenvalue weighted by molar-refractivity contribution is 0.255. The average Bonchev–Trinajstić information content (AvgIpc) is 2.96. The summed E-state index contributed by atoms with van der Waals surface area (Å²) in [5.74, 6) is 0.216. The Hall–Kier alpha value is -1.41. The lowest BCUT2D eigenvalue weighted by Crippen LogP contribution is -2.01. The van der Waals surface area contributed by atoms with Crippen LogP contribution in [-0.4, -0.2) is 43.4 Å². The van der Waals surface area contributed by atoms with Gasteiger partial charge in [-0.25, -0.2) is 9.97 Å². The van der Waals surface area contributed by atoms with Gasteiger partial charge >= 0.3 is 7.60 Å². The molecule has 3 N–H and O–H groups in total. The number of aromatic nitrogens is 4. The molecule has 8 nitrogen and oxygen atoms in total. The molecule has 0 aliphatic rings. The molecule has 0 bridgehead atoms. The van der Waals surface area contributed by atoms with Gasteiger partial charge in [-0.1, -0.05) is 25.5 Å². The van der Waals surface area contributed by atoms with E-state index in [9.17, 15) is 9.46 Å². The van der Waals surface area contributed by atoms with E-state index in [4.69, 9.17) is 10.3 Å². The van der Waals surface area contributed by atoms with Crippen molar-refractivity contribution in [1.29, 1.82) is 0 Å². The van der Waals surface area contributed by atoms with Gasteiger partial charge in [-0.3, -0.25) is 4.57 Å². The van der Waals surface area contributed by atoms with E-state index in [0.717, 1.165) is 23.4 Å². The molecule has 10 heteroatoms. The van der Waals surface area contributed by atoms with Gasteiger partial charge in [0, 0.05) is 6.54 Å². The van der Waals surface area contributed by atoms with Gasteiger partial charge in [-0.15, -0.1) is 11.8 Å². The highest BCUT2D eigenvalue weighted by Gasteiger charge is 2.17. The second kappa shape index (κ2) is 9.33. The Morgan fingerprint density at radius 2 is 2.24 bits per heavy atom. The van der Waals surface area contributed by atoms with Gasteiger partial charge in [-0.05, 0) is 19.1 Å². The minimum atomic E-state index is -3.49. The van der Waals surface area contributed by atoms with Crippen LogP contribution in [0.3, 0.4) is 0 Å². The number of nitrogens with zero attached hydrogens (tertiary/aromatic N) is 4. The lowest BCUT2D eigenvalue weighted by atomic mass is 10.4. The number of allylic oxidation sites excluding steroid dienone is 2. The molecule has 2 aromatic rings. The van der Waals surface area contributed by atoms with Crippen LogP contribution in [0, 0.1) is 0 Å². The third kappa shape index (κ3) is 5.81. The van der Waals surface area contributed by atoms with Crippen LogP contribution in [0.2, 0.25) is 0 Å². The van der Waals surface area contributed by atoms with E-state index in [1.54, 1.807) is 6.33 Å². The molecule has 0 fully saturated rings. The van der Waals surface area contributed by atoms with E-state index in [1.165, 1.54) is 11.8 Å². The summed E-state index contributed by atoms with van der Waals surface area (Å²) in [6, 6.07) is 0. The van der Waals surface area contributed by atoms with Crippen molar-refractivity contribution in [2.24, 2.45) is 0 Å². The summed E-state index contributed by atoms with van der Waals surface area (Å²) in [5.41, 5.74) is 7.13. The number of unbranched alkanes of at least 4 members (excludes halogenated alkanes) is 1. The predicted molar refractivity (Wildman–Crippen MR) is 101 cm³/mol. The monoisotopic (exact) mass is 385 g/mol. The largest absolute Gasteiger partial charge is 0.368 e. The maximum absolute atomic E-state index is 11.8.